The Balaban J connectivity index is 1.28. The number of ether oxygens (including phenoxy) is 1. The van der Waals surface area contributed by atoms with Gasteiger partial charge in [-0.2, -0.15) is 0 Å². The van der Waals surface area contributed by atoms with Gasteiger partial charge in [-0.3, -0.25) is 9.59 Å². The van der Waals surface area contributed by atoms with E-state index in [2.05, 4.69) is 32.4 Å². The Bertz CT molecular complexity index is 1750. The van der Waals surface area contributed by atoms with Gasteiger partial charge in [-0.1, -0.05) is 59.3 Å². The van der Waals surface area contributed by atoms with E-state index in [0.29, 0.717) is 48.4 Å². The van der Waals surface area contributed by atoms with Crippen LogP contribution >= 0.6 is 0 Å². The number of carbonyl (C=O) groups is 2. The minimum absolute atomic E-state index is 0.0371. The van der Waals surface area contributed by atoms with Gasteiger partial charge >= 0.3 is 0 Å². The molecule has 0 radical (unpaired) electrons. The second-order valence-corrected chi connectivity index (χ2v) is 9.77. The summed E-state index contributed by atoms with van der Waals surface area (Å²) in [7, 11) is 1.49. The summed E-state index contributed by atoms with van der Waals surface area (Å²) in [5.41, 5.74) is 6.00. The number of piperidine rings is 1. The minimum Gasteiger partial charge on any atom is -0.494 e. The van der Waals surface area contributed by atoms with E-state index in [4.69, 9.17) is 4.74 Å². The van der Waals surface area contributed by atoms with Gasteiger partial charge in [0.05, 0.1) is 48.8 Å². The van der Waals surface area contributed by atoms with Gasteiger partial charge in [-0.05, 0) is 41.2 Å². The van der Waals surface area contributed by atoms with Crippen LogP contribution in [-0.2, 0) is 11.4 Å². The number of pyridine rings is 1. The van der Waals surface area contributed by atoms with E-state index in [1.54, 1.807) is 11.1 Å². The number of aliphatic hydroxyl groups excluding tert-OH is 1. The third kappa shape index (κ3) is 4.89. The topological polar surface area (TPSA) is 126 Å². The zero-order chi connectivity index (χ0) is 28.3. The molecular formula is C31H28N6O4. The first-order chi connectivity index (χ1) is 20.1. The van der Waals surface area contributed by atoms with Gasteiger partial charge in [0.25, 0.3) is 11.7 Å². The second kappa shape index (κ2) is 11.2. The van der Waals surface area contributed by atoms with Gasteiger partial charge in [0.2, 0.25) is 0 Å². The summed E-state index contributed by atoms with van der Waals surface area (Å²) in [4.78, 5) is 36.1. The van der Waals surface area contributed by atoms with Crippen LogP contribution in [0.5, 0.6) is 5.75 Å². The highest BCUT2D eigenvalue weighted by atomic mass is 16.5. The molecule has 1 saturated heterocycles. The van der Waals surface area contributed by atoms with E-state index in [0.717, 1.165) is 22.3 Å². The first kappa shape index (κ1) is 26.1. The van der Waals surface area contributed by atoms with Crippen molar-refractivity contribution in [2.45, 2.75) is 19.4 Å². The van der Waals surface area contributed by atoms with Crippen LogP contribution in [0.1, 0.15) is 39.9 Å². The summed E-state index contributed by atoms with van der Waals surface area (Å²) >= 11 is 0. The van der Waals surface area contributed by atoms with Crippen molar-refractivity contribution in [2.24, 2.45) is 0 Å². The third-order valence-electron chi connectivity index (χ3n) is 7.42. The molecule has 0 aliphatic carbocycles. The number of rotatable bonds is 7. The van der Waals surface area contributed by atoms with Crippen molar-refractivity contribution in [1.29, 1.82) is 0 Å². The molecule has 0 spiro atoms. The van der Waals surface area contributed by atoms with Crippen molar-refractivity contribution in [3.63, 3.8) is 0 Å². The lowest BCUT2D eigenvalue weighted by Crippen LogP contribution is -2.40. The van der Waals surface area contributed by atoms with Crippen molar-refractivity contribution >= 4 is 28.2 Å². The largest absolute Gasteiger partial charge is 0.494 e. The van der Waals surface area contributed by atoms with Crippen LogP contribution in [0.2, 0.25) is 0 Å². The first-order valence-corrected chi connectivity index (χ1v) is 13.3. The van der Waals surface area contributed by atoms with Gasteiger partial charge in [0.1, 0.15) is 5.75 Å². The summed E-state index contributed by atoms with van der Waals surface area (Å²) in [5.74, 6) is -0.356. The molecule has 2 N–H and O–H groups in total. The lowest BCUT2D eigenvalue weighted by molar-refractivity contribution is -0.126. The zero-order valence-electron chi connectivity index (χ0n) is 22.4. The number of carbonyl (C=O) groups excluding carboxylic acids is 2. The van der Waals surface area contributed by atoms with Gasteiger partial charge in [0.15, 0.2) is 5.82 Å². The number of amides is 1. The fourth-order valence-corrected chi connectivity index (χ4v) is 5.43. The van der Waals surface area contributed by atoms with E-state index in [1.807, 2.05) is 42.5 Å². The number of aliphatic hydroxyl groups is 1. The number of hydrogen-bond donors (Lipinski definition) is 2. The Morgan fingerprint density at radius 2 is 1.83 bits per heavy atom. The molecule has 3 aromatic heterocycles. The molecule has 6 rings (SSSR count). The quantitative estimate of drug-likeness (QED) is 0.233. The SMILES string of the molecule is COc1cnc(-n2ccnn2)c2[nH]cc(C(=O)C(=O)N3CCC(=C(c4ccccc4)c4cccc(CO)c4)CC3)c12. The number of hydrogen-bond acceptors (Lipinski definition) is 7. The van der Waals surface area contributed by atoms with Crippen molar-refractivity contribution in [1.82, 2.24) is 29.9 Å². The molecule has 4 heterocycles. The molecule has 0 unspecified atom stereocenters. The second-order valence-electron chi connectivity index (χ2n) is 9.77. The number of H-pyrrole nitrogens is 1. The maximum Gasteiger partial charge on any atom is 0.295 e. The highest BCUT2D eigenvalue weighted by molar-refractivity contribution is 6.45. The van der Waals surface area contributed by atoms with Crippen LogP contribution in [0.25, 0.3) is 22.3 Å². The van der Waals surface area contributed by atoms with E-state index in [1.165, 1.54) is 36.0 Å². The van der Waals surface area contributed by atoms with Crippen LogP contribution in [0.4, 0.5) is 0 Å². The summed E-state index contributed by atoms with van der Waals surface area (Å²) in [6, 6.07) is 18.0. The fourth-order valence-electron chi connectivity index (χ4n) is 5.43. The molecule has 0 saturated carbocycles. The van der Waals surface area contributed by atoms with Crippen LogP contribution in [0.15, 0.2) is 85.0 Å². The molecule has 5 aromatic rings. The number of aromatic nitrogens is 5. The summed E-state index contributed by atoms with van der Waals surface area (Å²) in [6.07, 6.45) is 7.45. The highest BCUT2D eigenvalue weighted by Gasteiger charge is 2.30. The Hall–Kier alpha value is -5.09. The molecule has 2 aromatic carbocycles. The Labute approximate surface area is 235 Å². The van der Waals surface area contributed by atoms with E-state index in [9.17, 15) is 14.7 Å². The van der Waals surface area contributed by atoms with Gasteiger partial charge < -0.3 is 19.7 Å². The number of fused-ring (bicyclic) bond motifs is 1. The average Bonchev–Trinajstić information content (AvgIpc) is 3.72. The molecule has 206 valence electrons. The lowest BCUT2D eigenvalue weighted by atomic mass is 9.87. The Morgan fingerprint density at radius 3 is 2.54 bits per heavy atom. The third-order valence-corrected chi connectivity index (χ3v) is 7.42. The molecule has 0 atom stereocenters. The maximum absolute atomic E-state index is 13.6. The van der Waals surface area contributed by atoms with Crippen LogP contribution in [-0.4, -0.2) is 66.9 Å². The Kier molecular flexibility index (Phi) is 7.13. The lowest BCUT2D eigenvalue weighted by Gasteiger charge is -2.30. The van der Waals surface area contributed by atoms with E-state index in [-0.39, 0.29) is 12.2 Å². The number of aromatic amines is 1. The number of nitrogens with one attached hydrogen (secondary N) is 1. The summed E-state index contributed by atoms with van der Waals surface area (Å²) in [5, 5.41) is 18.0. The van der Waals surface area contributed by atoms with E-state index < -0.39 is 11.7 Å². The van der Waals surface area contributed by atoms with Crippen LogP contribution < -0.4 is 4.74 Å². The monoisotopic (exact) mass is 548 g/mol. The predicted octanol–water partition coefficient (Wildman–Crippen LogP) is 3.95. The average molecular weight is 549 g/mol. The van der Waals surface area contributed by atoms with Gasteiger partial charge in [-0.25, -0.2) is 9.67 Å². The number of nitrogens with zero attached hydrogens (tertiary/aromatic N) is 5. The van der Waals surface area contributed by atoms with Crippen molar-refractivity contribution in [3.8, 4) is 11.6 Å². The van der Waals surface area contributed by atoms with Crippen LogP contribution in [0, 0.1) is 0 Å². The zero-order valence-corrected chi connectivity index (χ0v) is 22.4. The minimum atomic E-state index is -0.614. The van der Waals surface area contributed by atoms with E-state index >= 15 is 0 Å². The Morgan fingerprint density at radius 1 is 1.05 bits per heavy atom. The molecular weight excluding hydrogens is 520 g/mol. The number of benzene rings is 2. The highest BCUT2D eigenvalue weighted by Crippen LogP contribution is 2.34. The number of ketones is 1. The van der Waals surface area contributed by atoms with Crippen molar-refractivity contribution in [3.05, 3.63) is 107 Å². The van der Waals surface area contributed by atoms with Gasteiger partial charge in [0, 0.05) is 19.3 Å². The molecule has 1 fully saturated rings. The standard InChI is InChI=1S/C31H28N6O4/c1-41-25-18-33-30(37-15-12-34-35-37)28-27(25)24(17-32-28)29(39)31(40)36-13-10-22(11-14-36)26(21-7-3-2-4-8-21)23-9-5-6-20(16-23)19-38/h2-9,12,15-18,32,38H,10-11,13-14,19H2,1H3. The molecule has 10 nitrogen and oxygen atoms in total. The summed E-state index contributed by atoms with van der Waals surface area (Å²) in [6.45, 7) is 0.799. The molecule has 10 heteroatoms. The van der Waals surface area contributed by atoms with Crippen molar-refractivity contribution < 1.29 is 19.4 Å². The summed E-state index contributed by atoms with van der Waals surface area (Å²) < 4.78 is 6.97. The predicted molar refractivity (Wildman–Crippen MR) is 153 cm³/mol. The normalized spacial score (nSPS) is 13.4. The fraction of sp³-hybridized carbons (Fsp3) is 0.194. The maximum atomic E-state index is 13.6. The molecule has 0 bridgehead atoms. The number of methoxy groups -OCH3 is 1. The molecule has 1 amide bonds. The number of Topliss-reactive ketones (excluding diaryl/α,β-unsaturated/α-hetero) is 1. The van der Waals surface area contributed by atoms with Crippen molar-refractivity contribution in [2.75, 3.05) is 20.2 Å². The molecule has 1 aliphatic rings. The first-order valence-electron chi connectivity index (χ1n) is 13.3. The van der Waals surface area contributed by atoms with Crippen LogP contribution in [0.3, 0.4) is 0 Å². The van der Waals surface area contributed by atoms with Gasteiger partial charge in [-0.15, -0.1) is 5.10 Å². The molecule has 41 heavy (non-hydrogen) atoms. The smallest absolute Gasteiger partial charge is 0.295 e. The number of likely N-dealkylation sites (tertiary alicyclic amines) is 1. The molecule has 1 aliphatic heterocycles.